The minimum absolute atomic E-state index is 0.191. The van der Waals surface area contributed by atoms with Gasteiger partial charge in [-0.1, -0.05) is 26.0 Å². The van der Waals surface area contributed by atoms with Crippen LogP contribution in [0.2, 0.25) is 0 Å². The van der Waals surface area contributed by atoms with Crippen molar-refractivity contribution in [2.24, 2.45) is 17.8 Å². The highest BCUT2D eigenvalue weighted by molar-refractivity contribution is 5.89. The summed E-state index contributed by atoms with van der Waals surface area (Å²) in [4.78, 5) is 16.8. The smallest absolute Gasteiger partial charge is 0.321 e. The second-order valence-corrected chi connectivity index (χ2v) is 8.01. The first-order chi connectivity index (χ1) is 12.0. The van der Waals surface area contributed by atoms with Crippen LogP contribution in [0.4, 0.5) is 14.9 Å². The summed E-state index contributed by atoms with van der Waals surface area (Å²) in [6.45, 7) is 9.76. The zero-order valence-corrected chi connectivity index (χ0v) is 15.4. The van der Waals surface area contributed by atoms with E-state index in [2.05, 4.69) is 24.1 Å². The second kappa shape index (κ2) is 8.17. The molecule has 5 heteroatoms. The molecule has 138 valence electrons. The Hall–Kier alpha value is -1.62. The number of amides is 2. The van der Waals surface area contributed by atoms with Crippen LogP contribution in [0.3, 0.4) is 0 Å². The minimum Gasteiger partial charge on any atom is -0.325 e. The topological polar surface area (TPSA) is 35.6 Å². The SMILES string of the molecule is C[C@@H]1C[C@H](C)CN(CC2CCN(C(=O)Nc3ccccc3F)CC2)C1. The summed E-state index contributed by atoms with van der Waals surface area (Å²) in [5.41, 5.74) is 0.255. The number of anilines is 1. The Morgan fingerprint density at radius 2 is 1.80 bits per heavy atom. The Labute approximate surface area is 150 Å². The fourth-order valence-corrected chi connectivity index (χ4v) is 4.38. The lowest BCUT2D eigenvalue weighted by Gasteiger charge is -2.39. The molecule has 2 amide bonds. The molecular weight excluding hydrogens is 317 g/mol. The first-order valence-corrected chi connectivity index (χ1v) is 9.54. The van der Waals surface area contributed by atoms with Gasteiger partial charge < -0.3 is 15.1 Å². The van der Waals surface area contributed by atoms with Gasteiger partial charge in [-0.2, -0.15) is 0 Å². The van der Waals surface area contributed by atoms with Crippen molar-refractivity contribution in [3.05, 3.63) is 30.1 Å². The summed E-state index contributed by atoms with van der Waals surface area (Å²) in [5, 5.41) is 2.69. The van der Waals surface area contributed by atoms with E-state index in [0.29, 0.717) is 5.92 Å². The number of nitrogens with one attached hydrogen (secondary N) is 1. The average Bonchev–Trinajstić information content (AvgIpc) is 2.56. The van der Waals surface area contributed by atoms with Crippen LogP contribution in [0.5, 0.6) is 0 Å². The van der Waals surface area contributed by atoms with Crippen LogP contribution in [0.15, 0.2) is 24.3 Å². The van der Waals surface area contributed by atoms with Gasteiger partial charge in [-0.15, -0.1) is 0 Å². The number of carbonyl (C=O) groups is 1. The number of carbonyl (C=O) groups excluding carboxylic acids is 1. The molecule has 0 unspecified atom stereocenters. The van der Waals surface area contributed by atoms with Crippen LogP contribution in [-0.2, 0) is 0 Å². The summed E-state index contributed by atoms with van der Waals surface area (Å²) in [6.07, 6.45) is 3.40. The number of hydrogen-bond donors (Lipinski definition) is 1. The first-order valence-electron chi connectivity index (χ1n) is 9.54. The molecule has 0 aliphatic carbocycles. The van der Waals surface area contributed by atoms with Gasteiger partial charge in [0.25, 0.3) is 0 Å². The highest BCUT2D eigenvalue weighted by atomic mass is 19.1. The second-order valence-electron chi connectivity index (χ2n) is 8.01. The monoisotopic (exact) mass is 347 g/mol. The molecule has 2 saturated heterocycles. The summed E-state index contributed by atoms with van der Waals surface area (Å²) in [7, 11) is 0. The number of likely N-dealkylation sites (tertiary alicyclic amines) is 2. The van der Waals surface area contributed by atoms with Gasteiger partial charge in [-0.05, 0) is 49.1 Å². The molecule has 0 aromatic heterocycles. The average molecular weight is 347 g/mol. The lowest BCUT2D eigenvalue weighted by atomic mass is 9.89. The van der Waals surface area contributed by atoms with E-state index in [-0.39, 0.29) is 17.5 Å². The van der Waals surface area contributed by atoms with Crippen LogP contribution in [0.1, 0.15) is 33.1 Å². The highest BCUT2D eigenvalue weighted by Crippen LogP contribution is 2.25. The van der Waals surface area contributed by atoms with Crippen LogP contribution in [0.25, 0.3) is 0 Å². The summed E-state index contributed by atoms with van der Waals surface area (Å²) >= 11 is 0. The number of benzene rings is 1. The van der Waals surface area contributed by atoms with E-state index in [1.54, 1.807) is 18.2 Å². The number of hydrogen-bond acceptors (Lipinski definition) is 2. The van der Waals surface area contributed by atoms with Crippen molar-refractivity contribution in [3.8, 4) is 0 Å². The maximum Gasteiger partial charge on any atom is 0.321 e. The van der Waals surface area contributed by atoms with E-state index in [4.69, 9.17) is 0 Å². The fraction of sp³-hybridized carbons (Fsp3) is 0.650. The molecular formula is C20H30FN3O. The number of nitrogens with zero attached hydrogens (tertiary/aromatic N) is 2. The molecule has 2 heterocycles. The molecule has 0 spiro atoms. The van der Waals surface area contributed by atoms with E-state index >= 15 is 0 Å². The largest absolute Gasteiger partial charge is 0.325 e. The van der Waals surface area contributed by atoms with Gasteiger partial charge in [-0.25, -0.2) is 9.18 Å². The van der Waals surface area contributed by atoms with Crippen LogP contribution < -0.4 is 5.32 Å². The van der Waals surface area contributed by atoms with Gasteiger partial charge in [-0.3, -0.25) is 0 Å². The molecule has 0 bridgehead atoms. The zero-order valence-electron chi connectivity index (χ0n) is 15.4. The lowest BCUT2D eigenvalue weighted by molar-refractivity contribution is 0.101. The molecule has 2 fully saturated rings. The van der Waals surface area contributed by atoms with Crippen LogP contribution in [0, 0.1) is 23.6 Å². The third-order valence-electron chi connectivity index (χ3n) is 5.48. The van der Waals surface area contributed by atoms with Crippen LogP contribution >= 0.6 is 0 Å². The maximum atomic E-state index is 13.7. The van der Waals surface area contributed by atoms with Crippen molar-refractivity contribution in [2.45, 2.75) is 33.1 Å². The van der Waals surface area contributed by atoms with Crippen molar-refractivity contribution in [1.29, 1.82) is 0 Å². The first kappa shape index (κ1) is 18.2. The maximum absolute atomic E-state index is 13.7. The van der Waals surface area contributed by atoms with Crippen molar-refractivity contribution in [2.75, 3.05) is 38.0 Å². The summed E-state index contributed by atoms with van der Waals surface area (Å²) in [5.74, 6) is 1.85. The quantitative estimate of drug-likeness (QED) is 0.895. The predicted molar refractivity (Wildman–Crippen MR) is 99.1 cm³/mol. The Balaban J connectivity index is 1.45. The van der Waals surface area contributed by atoms with Crippen molar-refractivity contribution in [1.82, 2.24) is 9.80 Å². The molecule has 3 rings (SSSR count). The number of para-hydroxylation sites is 1. The van der Waals surface area contributed by atoms with E-state index in [1.165, 1.54) is 25.6 Å². The molecule has 0 radical (unpaired) electrons. The minimum atomic E-state index is -0.390. The summed E-state index contributed by atoms with van der Waals surface area (Å²) < 4.78 is 13.7. The predicted octanol–water partition coefficient (Wildman–Crippen LogP) is 4.05. The molecule has 1 N–H and O–H groups in total. The molecule has 0 saturated carbocycles. The van der Waals surface area contributed by atoms with E-state index in [0.717, 1.165) is 44.3 Å². The van der Waals surface area contributed by atoms with Crippen LogP contribution in [-0.4, -0.2) is 48.6 Å². The molecule has 2 atom stereocenters. The third-order valence-corrected chi connectivity index (χ3v) is 5.48. The summed E-state index contributed by atoms with van der Waals surface area (Å²) in [6, 6.07) is 6.12. The van der Waals surface area contributed by atoms with Crippen molar-refractivity contribution >= 4 is 11.7 Å². The lowest BCUT2D eigenvalue weighted by Crippen LogP contribution is -2.46. The normalized spacial score (nSPS) is 25.8. The van der Waals surface area contributed by atoms with E-state index in [9.17, 15) is 9.18 Å². The van der Waals surface area contributed by atoms with Gasteiger partial charge in [0.1, 0.15) is 5.82 Å². The molecule has 1 aromatic carbocycles. The number of urea groups is 1. The van der Waals surface area contributed by atoms with Crippen molar-refractivity contribution in [3.63, 3.8) is 0 Å². The molecule has 1 aromatic rings. The van der Waals surface area contributed by atoms with E-state index in [1.807, 2.05) is 4.90 Å². The number of piperidine rings is 2. The van der Waals surface area contributed by atoms with Gasteiger partial charge in [0.2, 0.25) is 0 Å². The fourth-order valence-electron chi connectivity index (χ4n) is 4.38. The van der Waals surface area contributed by atoms with Gasteiger partial charge in [0.05, 0.1) is 5.69 Å². The standard InChI is InChI=1S/C20H30FN3O/c1-15-11-16(2)13-23(12-15)14-17-7-9-24(10-8-17)20(25)22-19-6-4-3-5-18(19)21/h3-6,15-17H,7-14H2,1-2H3,(H,22,25)/t15-,16+. The third kappa shape index (κ3) is 4.94. The van der Waals surface area contributed by atoms with Gasteiger partial charge >= 0.3 is 6.03 Å². The van der Waals surface area contributed by atoms with E-state index < -0.39 is 0 Å². The molecule has 4 nitrogen and oxygen atoms in total. The Bertz CT molecular complexity index is 576. The van der Waals surface area contributed by atoms with Crippen molar-refractivity contribution < 1.29 is 9.18 Å². The Morgan fingerprint density at radius 3 is 2.44 bits per heavy atom. The molecule has 2 aliphatic heterocycles. The van der Waals surface area contributed by atoms with Gasteiger partial charge in [0, 0.05) is 32.7 Å². The zero-order chi connectivity index (χ0) is 17.8. The number of halogens is 1. The molecule has 25 heavy (non-hydrogen) atoms. The molecule has 2 aliphatic rings. The van der Waals surface area contributed by atoms with Gasteiger partial charge in [0.15, 0.2) is 0 Å². The highest BCUT2D eigenvalue weighted by Gasteiger charge is 2.27. The Morgan fingerprint density at radius 1 is 1.16 bits per heavy atom. The Kier molecular flexibility index (Phi) is 5.94. The number of rotatable bonds is 3.